The number of fused-ring (bicyclic) bond motifs is 1. The van der Waals surface area contributed by atoms with Gasteiger partial charge in [-0.05, 0) is 74.9 Å². The van der Waals surface area contributed by atoms with Crippen LogP contribution in [0, 0.1) is 6.92 Å². The van der Waals surface area contributed by atoms with Crippen LogP contribution < -0.4 is 16.4 Å². The number of hydrogen-bond donors (Lipinski definition) is 3. The highest BCUT2D eigenvalue weighted by atomic mass is 16.6. The van der Waals surface area contributed by atoms with Gasteiger partial charge in [0, 0.05) is 77.6 Å². The van der Waals surface area contributed by atoms with Crippen LogP contribution in [0.15, 0.2) is 36.5 Å². The van der Waals surface area contributed by atoms with Crippen molar-refractivity contribution in [2.75, 3.05) is 70.0 Å². The number of para-hydroxylation sites is 1. The number of urea groups is 1. The molecule has 0 unspecified atom stereocenters. The number of likely N-dealkylation sites (tertiary alicyclic amines) is 1. The molecule has 12 heteroatoms. The van der Waals surface area contributed by atoms with Crippen LogP contribution in [-0.2, 0) is 22.4 Å². The Bertz CT molecular complexity index is 1370. The Morgan fingerprint density at radius 2 is 1.73 bits per heavy atom. The number of ether oxygens (including phenoxy) is 1. The number of benzene rings is 1. The molecule has 45 heavy (non-hydrogen) atoms. The van der Waals surface area contributed by atoms with E-state index in [9.17, 15) is 14.4 Å². The first-order valence-electron chi connectivity index (χ1n) is 16.4. The number of anilines is 2. The van der Waals surface area contributed by atoms with Gasteiger partial charge in [0.2, 0.25) is 0 Å². The summed E-state index contributed by atoms with van der Waals surface area (Å²) >= 11 is 0. The molecule has 1 aromatic carbocycles. The molecule has 5 heterocycles. The van der Waals surface area contributed by atoms with Crippen LogP contribution in [-0.4, -0.2) is 120 Å². The van der Waals surface area contributed by atoms with Gasteiger partial charge in [-0.2, -0.15) is 0 Å². The van der Waals surface area contributed by atoms with Crippen LogP contribution in [0.1, 0.15) is 43.8 Å². The number of carbonyl (C=O) groups excluding carboxylic acids is 3. The third kappa shape index (κ3) is 7.33. The molecule has 1 aromatic heterocycles. The Kier molecular flexibility index (Phi) is 9.70. The molecule has 12 nitrogen and oxygen atoms in total. The van der Waals surface area contributed by atoms with Crippen molar-refractivity contribution < 1.29 is 20.5 Å². The number of rotatable bonds is 6. The summed E-state index contributed by atoms with van der Waals surface area (Å²) in [6.45, 7) is 8.37. The second-order valence-corrected chi connectivity index (χ2v) is 12.7. The minimum Gasteiger partial charge on any atom is -0.436 e. The monoisotopic (exact) mass is 620 g/mol. The average molecular weight is 621 g/mol. The van der Waals surface area contributed by atoms with Gasteiger partial charge in [0.15, 0.2) is 6.10 Å². The molecule has 6 rings (SSSR count). The van der Waals surface area contributed by atoms with Crippen molar-refractivity contribution in [3.05, 3.63) is 53.2 Å². The number of hydrogen-bond acceptors (Lipinski definition) is 8. The summed E-state index contributed by atoms with van der Waals surface area (Å²) in [5, 5.41) is 6.47. The maximum atomic E-state index is 13.9. The van der Waals surface area contributed by atoms with Crippen molar-refractivity contribution in [3.8, 4) is 0 Å². The lowest BCUT2D eigenvalue weighted by Crippen LogP contribution is -2.56. The highest BCUT2D eigenvalue weighted by Gasteiger charge is 2.36. The summed E-state index contributed by atoms with van der Waals surface area (Å²) in [4.78, 5) is 52.6. The number of pyridine rings is 1. The van der Waals surface area contributed by atoms with Crippen LogP contribution in [0.25, 0.3) is 0 Å². The lowest BCUT2D eigenvalue weighted by Gasteiger charge is -2.41. The number of amides is 4. The molecule has 0 radical (unpaired) electrons. The molecule has 0 spiro atoms. The van der Waals surface area contributed by atoms with Gasteiger partial charge in [-0.1, -0.05) is 24.3 Å². The van der Waals surface area contributed by atoms with Crippen LogP contribution in [0.2, 0.25) is 0 Å². The number of nitrogens with two attached hydrogens (primary N) is 1. The van der Waals surface area contributed by atoms with E-state index in [4.69, 9.17) is 10.5 Å². The zero-order chi connectivity index (χ0) is 31.3. The summed E-state index contributed by atoms with van der Waals surface area (Å²) in [5.74, 6) is 0.274. The zero-order valence-corrected chi connectivity index (χ0v) is 26.2. The first-order chi connectivity index (χ1) is 21.9. The van der Waals surface area contributed by atoms with Gasteiger partial charge in [0.05, 0.1) is 0 Å². The maximum absolute atomic E-state index is 13.9. The van der Waals surface area contributed by atoms with E-state index < -0.39 is 12.2 Å². The minimum absolute atomic E-state index is 0. The molecule has 0 saturated carbocycles. The van der Waals surface area contributed by atoms with E-state index in [1.165, 1.54) is 0 Å². The van der Waals surface area contributed by atoms with Crippen LogP contribution in [0.3, 0.4) is 0 Å². The number of nitrogens with one attached hydrogen (secondary N) is 2. The Labute approximate surface area is 266 Å². The summed E-state index contributed by atoms with van der Waals surface area (Å²) in [7, 11) is 0. The number of nitrogens with zero attached hydrogens (tertiary/aromatic N) is 5. The highest BCUT2D eigenvalue weighted by Crippen LogP contribution is 2.25. The summed E-state index contributed by atoms with van der Waals surface area (Å²) in [6.07, 6.45) is 4.78. The molecular formula is C33H48N8O4. The molecule has 4 aliphatic heterocycles. The second kappa shape index (κ2) is 14.0. The molecule has 3 saturated heterocycles. The molecule has 1 atom stereocenters. The number of piperidine rings is 2. The lowest BCUT2D eigenvalue weighted by molar-refractivity contribution is -0.143. The Hall–Kier alpha value is -3.90. The standard InChI is InChI=1S/C33H46N8O4.H2/c1-23-20-24(22-36-30(23)34)21-29(31(42)39-18-16-38(17-19-39)26-6-11-35-12-7-26)45-33(44)40-13-9-27(10-14-40)41-15-8-25-4-2-3-5-28(25)37-32(41)43;/h2-5,20,22,26-27,29,35H,6-19,21H2,1H3,(H2,34,36)(H,37,43);1H/t29-;/m1./s1. The van der Waals surface area contributed by atoms with E-state index in [1.807, 2.05) is 47.1 Å². The largest absolute Gasteiger partial charge is 0.436 e. The first-order valence-corrected chi connectivity index (χ1v) is 16.4. The number of nitrogen functional groups attached to an aromatic ring is 1. The van der Waals surface area contributed by atoms with E-state index in [0.717, 1.165) is 67.8 Å². The smallest absolute Gasteiger partial charge is 0.410 e. The predicted molar refractivity (Wildman–Crippen MR) is 174 cm³/mol. The second-order valence-electron chi connectivity index (χ2n) is 12.7. The molecular weight excluding hydrogens is 572 g/mol. The van der Waals surface area contributed by atoms with Gasteiger partial charge >= 0.3 is 12.1 Å². The molecule has 244 valence electrons. The Morgan fingerprint density at radius 3 is 2.47 bits per heavy atom. The van der Waals surface area contributed by atoms with Crippen LogP contribution in [0.5, 0.6) is 0 Å². The fourth-order valence-corrected chi connectivity index (χ4v) is 7.13. The van der Waals surface area contributed by atoms with E-state index in [2.05, 4.69) is 20.5 Å². The SMILES string of the molecule is Cc1cc(C[C@@H](OC(=O)N2CCC(N3CCc4ccccc4NC3=O)CC2)C(=O)N2CCN(C3CCNCC3)CC2)cnc1N.[HH]. The lowest BCUT2D eigenvalue weighted by atomic mass is 10.0. The number of carbonyl (C=O) groups is 3. The van der Waals surface area contributed by atoms with Crippen molar-refractivity contribution in [1.29, 1.82) is 0 Å². The van der Waals surface area contributed by atoms with E-state index in [-0.39, 0.29) is 25.8 Å². The molecule has 4 amide bonds. The molecule has 4 N–H and O–H groups in total. The van der Waals surface area contributed by atoms with Crippen LogP contribution >= 0.6 is 0 Å². The number of aromatic nitrogens is 1. The zero-order valence-electron chi connectivity index (χ0n) is 26.2. The van der Waals surface area contributed by atoms with Gasteiger partial charge in [-0.3, -0.25) is 9.69 Å². The molecule has 2 aromatic rings. The van der Waals surface area contributed by atoms with E-state index in [1.54, 1.807) is 11.1 Å². The van der Waals surface area contributed by atoms with Gasteiger partial charge < -0.3 is 35.8 Å². The van der Waals surface area contributed by atoms with Gasteiger partial charge in [-0.15, -0.1) is 0 Å². The Balaban J connectivity index is 0.00000417. The summed E-state index contributed by atoms with van der Waals surface area (Å²) < 4.78 is 6.01. The number of piperazine rings is 1. The van der Waals surface area contributed by atoms with Gasteiger partial charge in [0.25, 0.3) is 5.91 Å². The summed E-state index contributed by atoms with van der Waals surface area (Å²) in [6, 6.07) is 10.3. The van der Waals surface area contributed by atoms with Crippen molar-refractivity contribution in [2.45, 2.75) is 63.6 Å². The Morgan fingerprint density at radius 1 is 1.00 bits per heavy atom. The first kappa shape index (κ1) is 31.1. The highest BCUT2D eigenvalue weighted by molar-refractivity contribution is 5.91. The summed E-state index contributed by atoms with van der Waals surface area (Å²) in [5.41, 5.74) is 9.55. The predicted octanol–water partition coefficient (Wildman–Crippen LogP) is 2.72. The fraction of sp³-hybridized carbons (Fsp3) is 0.576. The van der Waals surface area contributed by atoms with Crippen molar-refractivity contribution in [2.24, 2.45) is 0 Å². The molecule has 0 bridgehead atoms. The van der Waals surface area contributed by atoms with Crippen LogP contribution in [0.4, 0.5) is 21.1 Å². The molecule has 0 aliphatic carbocycles. The number of aryl methyl sites for hydroxylation is 1. The maximum Gasteiger partial charge on any atom is 0.410 e. The average Bonchev–Trinajstić information content (AvgIpc) is 3.24. The third-order valence-electron chi connectivity index (χ3n) is 9.87. The van der Waals surface area contributed by atoms with Gasteiger partial charge in [0.1, 0.15) is 5.82 Å². The topological polar surface area (TPSA) is 136 Å². The van der Waals surface area contributed by atoms with Crippen molar-refractivity contribution in [1.82, 2.24) is 29.9 Å². The van der Waals surface area contributed by atoms with Gasteiger partial charge in [-0.25, -0.2) is 14.6 Å². The quantitative estimate of drug-likeness (QED) is 0.449. The fourth-order valence-electron chi connectivity index (χ4n) is 7.13. The van der Waals surface area contributed by atoms with E-state index >= 15 is 0 Å². The molecule has 4 aliphatic rings. The molecule has 3 fully saturated rings. The van der Waals surface area contributed by atoms with E-state index in [0.29, 0.717) is 57.4 Å². The van der Waals surface area contributed by atoms with Crippen molar-refractivity contribution >= 4 is 29.5 Å². The normalized spacial score (nSPS) is 21.1. The minimum atomic E-state index is -0.958. The third-order valence-corrected chi connectivity index (χ3v) is 9.87. The van der Waals surface area contributed by atoms with Crippen molar-refractivity contribution in [3.63, 3.8) is 0 Å².